The van der Waals surface area contributed by atoms with Crippen LogP contribution in [-0.2, 0) is 4.79 Å². The van der Waals surface area contributed by atoms with Crippen molar-refractivity contribution in [3.05, 3.63) is 42.0 Å². The molecule has 108 valence electrons. The molecule has 0 saturated heterocycles. The lowest BCUT2D eigenvalue weighted by molar-refractivity contribution is -0.136. The molecule has 1 rings (SSSR count). The molecule has 5 heteroatoms. The zero-order valence-corrected chi connectivity index (χ0v) is 11.8. The van der Waals surface area contributed by atoms with Gasteiger partial charge >= 0.3 is 12.0 Å². The van der Waals surface area contributed by atoms with Crippen molar-refractivity contribution < 1.29 is 14.7 Å². The number of rotatable bonds is 6. The summed E-state index contributed by atoms with van der Waals surface area (Å²) in [5, 5.41) is 11.5. The molecule has 0 unspecified atom stereocenters. The second kappa shape index (κ2) is 7.33. The van der Waals surface area contributed by atoms with E-state index < -0.39 is 5.97 Å². The molecular formula is C15H20N2O3. The van der Waals surface area contributed by atoms with Crippen molar-refractivity contribution in [3.8, 4) is 0 Å². The molecule has 0 aliphatic rings. The number of para-hydroxylation sites is 1. The van der Waals surface area contributed by atoms with Gasteiger partial charge < -0.3 is 10.4 Å². The molecule has 0 aliphatic heterocycles. The maximum absolute atomic E-state index is 12.2. The van der Waals surface area contributed by atoms with Gasteiger partial charge in [-0.1, -0.05) is 30.4 Å². The number of carboxylic acids is 1. The van der Waals surface area contributed by atoms with E-state index in [1.165, 1.54) is 4.90 Å². The first kappa shape index (κ1) is 15.8. The Bertz CT molecular complexity index is 512. The number of carboxylic acid groups (broad SMARTS) is 1. The van der Waals surface area contributed by atoms with Crippen molar-refractivity contribution >= 4 is 17.7 Å². The van der Waals surface area contributed by atoms with Crippen LogP contribution in [0.4, 0.5) is 10.5 Å². The summed E-state index contributed by atoms with van der Waals surface area (Å²) in [6.45, 7) is 7.92. The van der Waals surface area contributed by atoms with Gasteiger partial charge in [-0.25, -0.2) is 4.79 Å². The van der Waals surface area contributed by atoms with Gasteiger partial charge in [-0.2, -0.15) is 0 Å². The molecule has 0 spiro atoms. The van der Waals surface area contributed by atoms with Gasteiger partial charge in [0.1, 0.15) is 0 Å². The van der Waals surface area contributed by atoms with Crippen molar-refractivity contribution in [2.45, 2.75) is 20.3 Å². The summed E-state index contributed by atoms with van der Waals surface area (Å²) in [6.07, 6.45) is -0.102. The van der Waals surface area contributed by atoms with E-state index in [1.54, 1.807) is 6.07 Å². The Morgan fingerprint density at radius 1 is 1.35 bits per heavy atom. The highest BCUT2D eigenvalue weighted by Gasteiger charge is 2.17. The van der Waals surface area contributed by atoms with E-state index in [9.17, 15) is 9.59 Å². The number of nitrogens with zero attached hydrogens (tertiary/aromatic N) is 1. The summed E-state index contributed by atoms with van der Waals surface area (Å²) in [7, 11) is 0. The van der Waals surface area contributed by atoms with Crippen LogP contribution < -0.4 is 10.2 Å². The summed E-state index contributed by atoms with van der Waals surface area (Å²) >= 11 is 0. The summed E-state index contributed by atoms with van der Waals surface area (Å²) < 4.78 is 0. The van der Waals surface area contributed by atoms with Gasteiger partial charge in [0.25, 0.3) is 0 Å². The second-order valence-electron chi connectivity index (χ2n) is 4.70. The molecule has 1 aromatic carbocycles. The molecule has 0 bridgehead atoms. The van der Waals surface area contributed by atoms with Crippen LogP contribution in [0, 0.1) is 6.92 Å². The molecule has 0 radical (unpaired) electrons. The zero-order valence-electron chi connectivity index (χ0n) is 11.8. The highest BCUT2D eigenvalue weighted by Crippen LogP contribution is 2.19. The molecule has 2 N–H and O–H groups in total. The van der Waals surface area contributed by atoms with Gasteiger partial charge in [-0.3, -0.25) is 9.69 Å². The van der Waals surface area contributed by atoms with Crippen LogP contribution in [0.5, 0.6) is 0 Å². The van der Waals surface area contributed by atoms with Crippen molar-refractivity contribution in [3.63, 3.8) is 0 Å². The number of benzene rings is 1. The monoisotopic (exact) mass is 276 g/mol. The standard InChI is InChI=1S/C15H20N2O3/c1-11(2)10-16-15(20)17(9-8-14(18)19)13-7-5-4-6-12(13)3/h4-7H,1,8-10H2,2-3H3,(H,16,20)(H,18,19). The molecule has 0 heterocycles. The molecular weight excluding hydrogens is 256 g/mol. The predicted molar refractivity (Wildman–Crippen MR) is 79.0 cm³/mol. The number of anilines is 1. The van der Waals surface area contributed by atoms with Gasteiger partial charge in [-0.05, 0) is 25.5 Å². The lowest BCUT2D eigenvalue weighted by atomic mass is 10.2. The second-order valence-corrected chi connectivity index (χ2v) is 4.70. The van der Waals surface area contributed by atoms with Crippen LogP contribution in [0.2, 0.25) is 0 Å². The van der Waals surface area contributed by atoms with Crippen LogP contribution in [-0.4, -0.2) is 30.2 Å². The average Bonchev–Trinajstić information content (AvgIpc) is 2.38. The van der Waals surface area contributed by atoms with Crippen LogP contribution in [0.3, 0.4) is 0 Å². The molecule has 5 nitrogen and oxygen atoms in total. The van der Waals surface area contributed by atoms with E-state index in [4.69, 9.17) is 5.11 Å². The number of urea groups is 1. The molecule has 1 aromatic rings. The summed E-state index contributed by atoms with van der Waals surface area (Å²) in [4.78, 5) is 24.4. The Hall–Kier alpha value is -2.30. The van der Waals surface area contributed by atoms with Crippen LogP contribution in [0.1, 0.15) is 18.9 Å². The summed E-state index contributed by atoms with van der Waals surface area (Å²) in [6, 6.07) is 7.07. The van der Waals surface area contributed by atoms with E-state index >= 15 is 0 Å². The third-order valence-corrected chi connectivity index (χ3v) is 2.74. The van der Waals surface area contributed by atoms with Crippen molar-refractivity contribution in [1.29, 1.82) is 0 Å². The van der Waals surface area contributed by atoms with Crippen molar-refractivity contribution in [2.75, 3.05) is 18.0 Å². The van der Waals surface area contributed by atoms with Gasteiger partial charge in [0, 0.05) is 18.8 Å². The minimum Gasteiger partial charge on any atom is -0.481 e. The molecule has 0 atom stereocenters. The minimum atomic E-state index is -0.934. The third-order valence-electron chi connectivity index (χ3n) is 2.74. The highest BCUT2D eigenvalue weighted by atomic mass is 16.4. The molecule has 0 aliphatic carbocycles. The number of amides is 2. The molecule has 20 heavy (non-hydrogen) atoms. The first-order valence-electron chi connectivity index (χ1n) is 6.39. The number of carbonyl (C=O) groups is 2. The largest absolute Gasteiger partial charge is 0.481 e. The highest BCUT2D eigenvalue weighted by molar-refractivity contribution is 5.93. The average molecular weight is 276 g/mol. The lowest BCUT2D eigenvalue weighted by Crippen LogP contribution is -2.42. The Morgan fingerprint density at radius 2 is 2.00 bits per heavy atom. The zero-order chi connectivity index (χ0) is 15.1. The van der Waals surface area contributed by atoms with Gasteiger partial charge in [-0.15, -0.1) is 0 Å². The van der Waals surface area contributed by atoms with E-state index in [1.807, 2.05) is 32.0 Å². The Kier molecular flexibility index (Phi) is 5.77. The van der Waals surface area contributed by atoms with Crippen molar-refractivity contribution in [1.82, 2.24) is 5.32 Å². The normalized spacial score (nSPS) is 9.90. The lowest BCUT2D eigenvalue weighted by Gasteiger charge is -2.24. The van der Waals surface area contributed by atoms with E-state index in [0.717, 1.165) is 11.1 Å². The first-order chi connectivity index (χ1) is 9.41. The fraction of sp³-hybridized carbons (Fsp3) is 0.333. The van der Waals surface area contributed by atoms with E-state index in [-0.39, 0.29) is 19.0 Å². The number of aryl methyl sites for hydroxylation is 1. The van der Waals surface area contributed by atoms with Gasteiger partial charge in [0.05, 0.1) is 6.42 Å². The van der Waals surface area contributed by atoms with Crippen LogP contribution in [0.25, 0.3) is 0 Å². The fourth-order valence-electron chi connectivity index (χ4n) is 1.73. The maximum Gasteiger partial charge on any atom is 0.322 e. The Labute approximate surface area is 118 Å². The van der Waals surface area contributed by atoms with E-state index in [0.29, 0.717) is 12.2 Å². The quantitative estimate of drug-likeness (QED) is 0.784. The smallest absolute Gasteiger partial charge is 0.322 e. The number of hydrogen-bond acceptors (Lipinski definition) is 2. The van der Waals surface area contributed by atoms with Crippen LogP contribution >= 0.6 is 0 Å². The van der Waals surface area contributed by atoms with Crippen LogP contribution in [0.15, 0.2) is 36.4 Å². The van der Waals surface area contributed by atoms with E-state index in [2.05, 4.69) is 11.9 Å². The number of carbonyl (C=O) groups excluding carboxylic acids is 1. The SMILES string of the molecule is C=C(C)CNC(=O)N(CCC(=O)O)c1ccccc1C. The minimum absolute atomic E-state index is 0.102. The fourth-order valence-corrected chi connectivity index (χ4v) is 1.73. The Morgan fingerprint density at radius 3 is 2.55 bits per heavy atom. The summed E-state index contributed by atoms with van der Waals surface area (Å²) in [5.74, 6) is -0.934. The maximum atomic E-state index is 12.2. The first-order valence-corrected chi connectivity index (χ1v) is 6.39. The van der Waals surface area contributed by atoms with Crippen molar-refractivity contribution in [2.24, 2.45) is 0 Å². The molecule has 0 aromatic heterocycles. The third kappa shape index (κ3) is 4.76. The van der Waals surface area contributed by atoms with Gasteiger partial charge in [0.15, 0.2) is 0 Å². The molecule has 0 fully saturated rings. The molecule has 2 amide bonds. The van der Waals surface area contributed by atoms with Gasteiger partial charge in [0.2, 0.25) is 0 Å². The predicted octanol–water partition coefficient (Wildman–Crippen LogP) is 2.56. The molecule has 0 saturated carbocycles. The number of nitrogens with one attached hydrogen (secondary N) is 1. The topological polar surface area (TPSA) is 69.6 Å². The summed E-state index contributed by atoms with van der Waals surface area (Å²) in [5.41, 5.74) is 2.47. The number of hydrogen-bond donors (Lipinski definition) is 2. The number of aliphatic carboxylic acids is 1. The Balaban J connectivity index is 2.90.